The number of methoxy groups -OCH3 is 1. The predicted octanol–water partition coefficient (Wildman–Crippen LogP) is 4.69. The van der Waals surface area contributed by atoms with Gasteiger partial charge in [0.2, 0.25) is 6.10 Å². The van der Waals surface area contributed by atoms with Crippen LogP contribution < -0.4 is 10.1 Å². The van der Waals surface area contributed by atoms with E-state index in [4.69, 9.17) is 9.47 Å². The Kier molecular flexibility index (Phi) is 6.59. The van der Waals surface area contributed by atoms with Crippen LogP contribution in [0.15, 0.2) is 78.2 Å². The molecule has 3 aromatic rings. The highest BCUT2D eigenvalue weighted by Gasteiger charge is 2.24. The third-order valence-corrected chi connectivity index (χ3v) is 4.70. The van der Waals surface area contributed by atoms with Crippen LogP contribution in [-0.4, -0.2) is 19.0 Å². The normalized spacial score (nSPS) is 11.8. The maximum absolute atomic E-state index is 12.8. The van der Waals surface area contributed by atoms with Gasteiger partial charge in [0.25, 0.3) is 5.91 Å². The quantitative estimate of drug-likeness (QED) is 0.467. The van der Waals surface area contributed by atoms with E-state index in [0.717, 1.165) is 4.88 Å². The van der Waals surface area contributed by atoms with E-state index in [1.165, 1.54) is 17.4 Å². The molecule has 6 heteroatoms. The minimum atomic E-state index is -1.07. The first kappa shape index (κ1) is 19.4. The van der Waals surface area contributed by atoms with E-state index < -0.39 is 18.0 Å². The van der Waals surface area contributed by atoms with Crippen molar-refractivity contribution in [1.82, 2.24) is 0 Å². The number of hydrogen-bond acceptors (Lipinski definition) is 5. The van der Waals surface area contributed by atoms with Crippen molar-refractivity contribution >= 4 is 35.0 Å². The summed E-state index contributed by atoms with van der Waals surface area (Å²) in [6.07, 6.45) is 1.92. The lowest BCUT2D eigenvalue weighted by Gasteiger charge is -2.17. The second-order valence-corrected chi connectivity index (χ2v) is 6.77. The summed E-state index contributed by atoms with van der Waals surface area (Å²) >= 11 is 1.51. The first-order valence-corrected chi connectivity index (χ1v) is 9.46. The Hall–Kier alpha value is -3.38. The van der Waals surface area contributed by atoms with Crippen LogP contribution in [0.2, 0.25) is 0 Å². The van der Waals surface area contributed by atoms with Gasteiger partial charge in [0.1, 0.15) is 5.75 Å². The minimum absolute atomic E-state index is 0.436. The van der Waals surface area contributed by atoms with Crippen LogP contribution in [0.5, 0.6) is 5.75 Å². The number of benzene rings is 2. The number of esters is 1. The highest BCUT2D eigenvalue weighted by molar-refractivity contribution is 7.10. The van der Waals surface area contributed by atoms with E-state index in [-0.39, 0.29) is 0 Å². The van der Waals surface area contributed by atoms with Crippen molar-refractivity contribution in [2.24, 2.45) is 0 Å². The minimum Gasteiger partial charge on any atom is -0.497 e. The fraction of sp³-hybridized carbons (Fsp3) is 0.0909. The van der Waals surface area contributed by atoms with Crippen LogP contribution in [-0.2, 0) is 14.3 Å². The molecule has 28 heavy (non-hydrogen) atoms. The van der Waals surface area contributed by atoms with Gasteiger partial charge in [0.15, 0.2) is 0 Å². The van der Waals surface area contributed by atoms with E-state index in [0.29, 0.717) is 17.0 Å². The van der Waals surface area contributed by atoms with Gasteiger partial charge in [-0.3, -0.25) is 4.79 Å². The number of ether oxygens (including phenoxy) is 2. The molecule has 2 aromatic carbocycles. The molecule has 0 radical (unpaired) electrons. The van der Waals surface area contributed by atoms with Crippen molar-refractivity contribution < 1.29 is 19.1 Å². The molecule has 1 aromatic heterocycles. The zero-order valence-corrected chi connectivity index (χ0v) is 16.0. The van der Waals surface area contributed by atoms with Gasteiger partial charge in [0.05, 0.1) is 7.11 Å². The van der Waals surface area contributed by atoms with Crippen molar-refractivity contribution in [3.8, 4) is 5.75 Å². The van der Waals surface area contributed by atoms with E-state index in [9.17, 15) is 9.59 Å². The van der Waals surface area contributed by atoms with Gasteiger partial charge in [-0.1, -0.05) is 36.4 Å². The molecule has 0 aliphatic heterocycles. The number of rotatable bonds is 7. The first-order valence-electron chi connectivity index (χ1n) is 8.58. The molecule has 0 saturated heterocycles. The Bertz CT molecular complexity index is 934. The molecule has 1 unspecified atom stereocenters. The summed E-state index contributed by atoms with van der Waals surface area (Å²) < 4.78 is 10.6. The molecular weight excluding hydrogens is 374 g/mol. The molecule has 0 aliphatic carbocycles. The van der Waals surface area contributed by atoms with Crippen LogP contribution >= 0.6 is 11.3 Å². The standard InChI is InChI=1S/C22H19NO4S/c1-26-18-11-9-17(10-12-18)23-22(25)21(16-6-3-2-4-7-16)27-20(24)14-13-19-8-5-15-28-19/h2-15,21H,1H3,(H,23,25)/b14-13+. The van der Waals surface area contributed by atoms with Gasteiger partial charge in [0, 0.05) is 22.2 Å². The Morgan fingerprint density at radius 3 is 2.39 bits per heavy atom. The van der Waals surface area contributed by atoms with Gasteiger partial charge in [-0.05, 0) is 41.8 Å². The Balaban J connectivity index is 1.74. The van der Waals surface area contributed by atoms with Crippen molar-refractivity contribution in [2.75, 3.05) is 12.4 Å². The van der Waals surface area contributed by atoms with Crippen LogP contribution in [0.25, 0.3) is 6.08 Å². The smallest absolute Gasteiger partial charge is 0.331 e. The molecule has 5 nitrogen and oxygen atoms in total. The zero-order valence-electron chi connectivity index (χ0n) is 15.2. The summed E-state index contributed by atoms with van der Waals surface area (Å²) in [5.41, 5.74) is 1.17. The Labute approximate surface area is 167 Å². The number of anilines is 1. The number of thiophene rings is 1. The van der Waals surface area contributed by atoms with Crippen LogP contribution in [0.1, 0.15) is 16.5 Å². The maximum Gasteiger partial charge on any atom is 0.331 e. The molecular formula is C22H19NO4S. The van der Waals surface area contributed by atoms with E-state index >= 15 is 0 Å². The van der Waals surface area contributed by atoms with Crippen LogP contribution in [0, 0.1) is 0 Å². The summed E-state index contributed by atoms with van der Waals surface area (Å²) in [7, 11) is 1.57. The van der Waals surface area contributed by atoms with Gasteiger partial charge in [-0.2, -0.15) is 0 Å². The number of carbonyl (C=O) groups is 2. The van der Waals surface area contributed by atoms with Gasteiger partial charge < -0.3 is 14.8 Å². The zero-order chi connectivity index (χ0) is 19.8. The van der Waals surface area contributed by atoms with E-state index in [2.05, 4.69) is 5.32 Å². The lowest BCUT2D eigenvalue weighted by molar-refractivity contribution is -0.149. The van der Waals surface area contributed by atoms with Crippen molar-refractivity contribution in [3.05, 3.63) is 88.6 Å². The number of amides is 1. The molecule has 142 valence electrons. The molecule has 1 atom stereocenters. The SMILES string of the molecule is COc1ccc(NC(=O)C(OC(=O)/C=C/c2cccs2)c2ccccc2)cc1. The van der Waals surface area contributed by atoms with Gasteiger partial charge in [-0.15, -0.1) is 11.3 Å². The average molecular weight is 393 g/mol. The molecule has 1 amide bonds. The van der Waals surface area contributed by atoms with E-state index in [1.54, 1.807) is 61.7 Å². The van der Waals surface area contributed by atoms with Crippen molar-refractivity contribution in [1.29, 1.82) is 0 Å². The Morgan fingerprint density at radius 2 is 1.75 bits per heavy atom. The highest BCUT2D eigenvalue weighted by Crippen LogP contribution is 2.22. The third-order valence-electron chi connectivity index (χ3n) is 3.86. The summed E-state index contributed by atoms with van der Waals surface area (Å²) in [6.45, 7) is 0. The number of nitrogens with one attached hydrogen (secondary N) is 1. The summed E-state index contributed by atoms with van der Waals surface area (Å²) in [5, 5.41) is 4.69. The maximum atomic E-state index is 12.8. The monoisotopic (exact) mass is 393 g/mol. The molecule has 0 spiro atoms. The lowest BCUT2D eigenvalue weighted by atomic mass is 10.1. The van der Waals surface area contributed by atoms with Gasteiger partial charge in [-0.25, -0.2) is 4.79 Å². The lowest BCUT2D eigenvalue weighted by Crippen LogP contribution is -2.25. The molecule has 1 N–H and O–H groups in total. The average Bonchev–Trinajstić information content (AvgIpc) is 3.25. The third kappa shape index (κ3) is 5.31. The second-order valence-electron chi connectivity index (χ2n) is 5.79. The Morgan fingerprint density at radius 1 is 1.00 bits per heavy atom. The first-order chi connectivity index (χ1) is 13.7. The van der Waals surface area contributed by atoms with Crippen LogP contribution in [0.3, 0.4) is 0 Å². The summed E-state index contributed by atoms with van der Waals surface area (Å²) in [4.78, 5) is 26.0. The second kappa shape index (κ2) is 9.53. The van der Waals surface area contributed by atoms with Crippen molar-refractivity contribution in [3.63, 3.8) is 0 Å². The fourth-order valence-corrected chi connectivity index (χ4v) is 3.09. The number of carbonyl (C=O) groups excluding carboxylic acids is 2. The number of hydrogen-bond donors (Lipinski definition) is 1. The summed E-state index contributed by atoms with van der Waals surface area (Å²) in [6, 6.07) is 19.6. The molecule has 0 bridgehead atoms. The molecule has 0 aliphatic rings. The van der Waals surface area contributed by atoms with Gasteiger partial charge >= 0.3 is 5.97 Å². The summed E-state index contributed by atoms with van der Waals surface area (Å²) in [5.74, 6) is -0.343. The largest absolute Gasteiger partial charge is 0.497 e. The van der Waals surface area contributed by atoms with Crippen LogP contribution in [0.4, 0.5) is 5.69 Å². The van der Waals surface area contributed by atoms with E-state index in [1.807, 2.05) is 23.6 Å². The highest BCUT2D eigenvalue weighted by atomic mass is 32.1. The van der Waals surface area contributed by atoms with Crippen molar-refractivity contribution in [2.45, 2.75) is 6.10 Å². The molecule has 1 heterocycles. The topological polar surface area (TPSA) is 64.6 Å². The molecule has 0 saturated carbocycles. The molecule has 3 rings (SSSR count). The molecule has 0 fully saturated rings. The fourth-order valence-electron chi connectivity index (χ4n) is 2.47. The predicted molar refractivity (Wildman–Crippen MR) is 110 cm³/mol.